The fraction of sp³-hybridized carbons (Fsp3) is 0.750. The lowest BCUT2D eigenvalue weighted by Gasteiger charge is -2.28. The van der Waals surface area contributed by atoms with Crippen LogP contribution in [0, 0.1) is 0 Å². The SMILES string of the molecule is CC/C=C\C/C=C\C/C=C\C/C=C\CCCCCCC(=O)O[C@H](COC(=O)CCCCCCCCC/C=C\CCCCCCCC)COP(=O)([O-])OCC[N+](C)(C)C. The fourth-order valence-corrected chi connectivity index (χ4v) is 6.66. The highest BCUT2D eigenvalue weighted by Crippen LogP contribution is 2.38. The maximum absolute atomic E-state index is 12.7. The summed E-state index contributed by atoms with van der Waals surface area (Å²) in [5, 5.41) is 0. The minimum Gasteiger partial charge on any atom is -0.756 e. The third kappa shape index (κ3) is 43.3. The van der Waals surface area contributed by atoms with Crippen LogP contribution in [-0.4, -0.2) is 70.0 Å². The molecule has 0 spiro atoms. The molecular formula is C48H86NO8P. The first-order chi connectivity index (χ1) is 28.0. The molecule has 1 unspecified atom stereocenters. The van der Waals surface area contributed by atoms with Crippen LogP contribution in [-0.2, 0) is 32.7 Å². The van der Waals surface area contributed by atoms with Crippen LogP contribution in [0.15, 0.2) is 60.8 Å². The van der Waals surface area contributed by atoms with E-state index in [0.717, 1.165) is 83.5 Å². The summed E-state index contributed by atoms with van der Waals surface area (Å²) in [4.78, 5) is 37.6. The molecule has 0 heterocycles. The van der Waals surface area contributed by atoms with Gasteiger partial charge in [0.1, 0.15) is 19.8 Å². The quantitative estimate of drug-likeness (QED) is 0.0197. The minimum atomic E-state index is -4.64. The Morgan fingerprint density at radius 3 is 1.48 bits per heavy atom. The van der Waals surface area contributed by atoms with Crippen molar-refractivity contribution in [3.63, 3.8) is 0 Å². The predicted molar refractivity (Wildman–Crippen MR) is 240 cm³/mol. The van der Waals surface area contributed by atoms with Crippen molar-refractivity contribution in [3.05, 3.63) is 60.8 Å². The van der Waals surface area contributed by atoms with Gasteiger partial charge >= 0.3 is 11.9 Å². The Labute approximate surface area is 356 Å². The van der Waals surface area contributed by atoms with Gasteiger partial charge in [0.05, 0.1) is 27.7 Å². The average Bonchev–Trinajstić information content (AvgIpc) is 3.17. The van der Waals surface area contributed by atoms with Gasteiger partial charge < -0.3 is 27.9 Å². The van der Waals surface area contributed by atoms with E-state index in [0.29, 0.717) is 17.4 Å². The number of rotatable bonds is 41. The van der Waals surface area contributed by atoms with E-state index in [4.69, 9.17) is 18.5 Å². The van der Waals surface area contributed by atoms with Crippen LogP contribution in [0.3, 0.4) is 0 Å². The fourth-order valence-electron chi connectivity index (χ4n) is 5.93. The van der Waals surface area contributed by atoms with Crippen molar-refractivity contribution in [2.75, 3.05) is 47.5 Å². The molecular weight excluding hydrogens is 750 g/mol. The van der Waals surface area contributed by atoms with Gasteiger partial charge in [-0.05, 0) is 77.0 Å². The molecule has 0 radical (unpaired) electrons. The van der Waals surface area contributed by atoms with Crippen LogP contribution in [0.2, 0.25) is 0 Å². The van der Waals surface area contributed by atoms with Crippen LogP contribution in [0.25, 0.3) is 0 Å². The number of hydrogen-bond acceptors (Lipinski definition) is 8. The number of phosphoric acid groups is 1. The lowest BCUT2D eigenvalue weighted by Crippen LogP contribution is -2.37. The van der Waals surface area contributed by atoms with Gasteiger partial charge in [0, 0.05) is 12.8 Å². The number of quaternary nitrogens is 1. The summed E-state index contributed by atoms with van der Waals surface area (Å²) in [6.07, 6.45) is 48.1. The number of nitrogens with zero attached hydrogens (tertiary/aromatic N) is 1. The topological polar surface area (TPSA) is 111 Å². The Kier molecular flexibility index (Phi) is 38.5. The molecule has 2 atom stereocenters. The summed E-state index contributed by atoms with van der Waals surface area (Å²) in [7, 11) is 1.14. The molecule has 0 amide bonds. The molecule has 0 aliphatic carbocycles. The summed E-state index contributed by atoms with van der Waals surface area (Å²) < 4.78 is 33.9. The van der Waals surface area contributed by atoms with Gasteiger partial charge in [0.15, 0.2) is 6.10 Å². The van der Waals surface area contributed by atoms with Crippen molar-refractivity contribution in [2.45, 2.75) is 187 Å². The number of unbranched alkanes of at least 4 members (excludes halogenated alkanes) is 17. The lowest BCUT2D eigenvalue weighted by molar-refractivity contribution is -0.870. The van der Waals surface area contributed by atoms with E-state index in [-0.39, 0.29) is 26.1 Å². The van der Waals surface area contributed by atoms with Crippen LogP contribution in [0.5, 0.6) is 0 Å². The van der Waals surface area contributed by atoms with E-state index >= 15 is 0 Å². The van der Waals surface area contributed by atoms with E-state index in [9.17, 15) is 19.0 Å². The normalized spacial score (nSPS) is 14.1. The molecule has 0 aliphatic heterocycles. The molecule has 0 fully saturated rings. The zero-order valence-corrected chi connectivity index (χ0v) is 38.6. The first-order valence-electron chi connectivity index (χ1n) is 23.0. The Morgan fingerprint density at radius 1 is 0.552 bits per heavy atom. The van der Waals surface area contributed by atoms with E-state index in [1.54, 1.807) is 0 Å². The largest absolute Gasteiger partial charge is 0.756 e. The zero-order chi connectivity index (χ0) is 42.8. The molecule has 10 heteroatoms. The van der Waals surface area contributed by atoms with Crippen molar-refractivity contribution in [2.24, 2.45) is 0 Å². The van der Waals surface area contributed by atoms with Crippen LogP contribution < -0.4 is 4.89 Å². The van der Waals surface area contributed by atoms with Gasteiger partial charge in [0.2, 0.25) is 0 Å². The first kappa shape index (κ1) is 55.7. The standard InChI is InChI=1S/C48H86NO8P/c1-6-8-10-12-14-16-18-20-22-24-26-28-30-32-34-36-38-40-47(50)54-44-46(45-56-58(52,53)55-43-42-49(3,4)5)57-48(51)41-39-37-35-33-31-29-27-25-23-21-19-17-15-13-11-9-7-2/h9,11,15,17,20-23,27,29,46H,6-8,10,12-14,16,18-19,24-26,28,30-45H2,1-5H3/b11-9-,17-15-,22-20-,23-21-,29-27-/t46-/m1/s1. The number of likely N-dealkylation sites (N-methyl/N-ethyl adjacent to an activating group) is 1. The maximum Gasteiger partial charge on any atom is 0.306 e. The van der Waals surface area contributed by atoms with E-state index in [2.05, 4.69) is 74.6 Å². The molecule has 0 aromatic carbocycles. The third-order valence-corrected chi connectivity index (χ3v) is 10.5. The van der Waals surface area contributed by atoms with Crippen LogP contribution >= 0.6 is 7.82 Å². The minimum absolute atomic E-state index is 0.0390. The monoisotopic (exact) mass is 836 g/mol. The van der Waals surface area contributed by atoms with Crippen molar-refractivity contribution in [1.82, 2.24) is 0 Å². The molecule has 58 heavy (non-hydrogen) atoms. The summed E-state index contributed by atoms with van der Waals surface area (Å²) >= 11 is 0. The molecule has 336 valence electrons. The Hall–Kier alpha value is -2.29. The Balaban J connectivity index is 4.39. The summed E-state index contributed by atoms with van der Waals surface area (Å²) in [5.74, 6) is -0.869. The summed E-state index contributed by atoms with van der Waals surface area (Å²) in [6, 6.07) is 0. The Bertz CT molecular complexity index is 1170. The maximum atomic E-state index is 12.7. The second kappa shape index (κ2) is 40.1. The van der Waals surface area contributed by atoms with Gasteiger partial charge in [-0.2, -0.15) is 0 Å². The molecule has 0 aromatic rings. The van der Waals surface area contributed by atoms with Crippen molar-refractivity contribution >= 4 is 19.8 Å². The average molecular weight is 836 g/mol. The number of carbonyl (C=O) groups excluding carboxylic acids is 2. The molecule has 0 N–H and O–H groups in total. The van der Waals surface area contributed by atoms with E-state index in [1.165, 1.54) is 64.2 Å². The van der Waals surface area contributed by atoms with Gasteiger partial charge in [-0.1, -0.05) is 152 Å². The molecule has 0 rings (SSSR count). The molecule has 0 aromatic heterocycles. The van der Waals surface area contributed by atoms with Crippen molar-refractivity contribution in [3.8, 4) is 0 Å². The number of ether oxygens (including phenoxy) is 2. The highest BCUT2D eigenvalue weighted by molar-refractivity contribution is 7.45. The van der Waals surface area contributed by atoms with Crippen molar-refractivity contribution < 1.29 is 42.1 Å². The second-order valence-corrected chi connectivity index (χ2v) is 17.8. The highest BCUT2D eigenvalue weighted by atomic mass is 31.2. The lowest BCUT2D eigenvalue weighted by atomic mass is 10.1. The molecule has 0 saturated heterocycles. The molecule has 0 bridgehead atoms. The number of hydrogen-bond donors (Lipinski definition) is 0. The predicted octanol–water partition coefficient (Wildman–Crippen LogP) is 12.6. The number of carbonyl (C=O) groups is 2. The first-order valence-corrected chi connectivity index (χ1v) is 24.5. The molecule has 9 nitrogen and oxygen atoms in total. The zero-order valence-electron chi connectivity index (χ0n) is 37.7. The van der Waals surface area contributed by atoms with Gasteiger partial charge in [-0.25, -0.2) is 0 Å². The second-order valence-electron chi connectivity index (χ2n) is 16.4. The highest BCUT2D eigenvalue weighted by Gasteiger charge is 2.21. The van der Waals surface area contributed by atoms with E-state index < -0.39 is 32.5 Å². The van der Waals surface area contributed by atoms with Gasteiger partial charge in [-0.3, -0.25) is 14.2 Å². The number of allylic oxidation sites excluding steroid dienone is 10. The van der Waals surface area contributed by atoms with E-state index in [1.807, 2.05) is 21.1 Å². The smallest absolute Gasteiger partial charge is 0.306 e. The molecule has 0 saturated carbocycles. The third-order valence-electron chi connectivity index (χ3n) is 9.52. The van der Waals surface area contributed by atoms with Crippen molar-refractivity contribution in [1.29, 1.82) is 0 Å². The summed E-state index contributed by atoms with van der Waals surface area (Å²) in [5.41, 5.74) is 0. The van der Waals surface area contributed by atoms with Gasteiger partial charge in [0.25, 0.3) is 7.82 Å². The number of esters is 2. The Morgan fingerprint density at radius 2 is 0.983 bits per heavy atom. The van der Waals surface area contributed by atoms with Gasteiger partial charge in [-0.15, -0.1) is 0 Å². The summed E-state index contributed by atoms with van der Waals surface area (Å²) in [6.45, 7) is 4.07. The number of phosphoric ester groups is 1. The van der Waals surface area contributed by atoms with Crippen LogP contribution in [0.4, 0.5) is 0 Å². The molecule has 0 aliphatic rings. The van der Waals surface area contributed by atoms with Crippen LogP contribution in [0.1, 0.15) is 181 Å².